The molecule has 0 radical (unpaired) electrons. The van der Waals surface area contributed by atoms with E-state index in [1.165, 1.54) is 6.07 Å². The zero-order chi connectivity index (χ0) is 12.1. The molecule has 16 heavy (non-hydrogen) atoms. The molecule has 0 aliphatic rings. The van der Waals surface area contributed by atoms with Crippen LogP contribution >= 0.6 is 0 Å². The van der Waals surface area contributed by atoms with Crippen molar-refractivity contribution in [1.29, 1.82) is 0 Å². The maximum Gasteiger partial charge on any atom is 0.341 e. The number of nitro groups is 1. The van der Waals surface area contributed by atoms with Crippen molar-refractivity contribution in [2.45, 2.75) is 13.3 Å². The number of phenols is 1. The largest absolute Gasteiger partial charge is 0.507 e. The number of carbonyl (C=O) groups excluding carboxylic acids is 1. The number of phenolic OH excluding ortho intramolecular Hbond substituents is 1. The fourth-order valence-electron chi connectivity index (χ4n) is 1.08. The number of hydrogen-bond acceptors (Lipinski definition) is 5. The van der Waals surface area contributed by atoms with Gasteiger partial charge >= 0.3 is 5.97 Å². The van der Waals surface area contributed by atoms with Crippen molar-refractivity contribution in [1.82, 2.24) is 0 Å². The van der Waals surface area contributed by atoms with Gasteiger partial charge in [-0.1, -0.05) is 6.92 Å². The van der Waals surface area contributed by atoms with E-state index in [1.54, 1.807) is 0 Å². The Kier molecular flexibility index (Phi) is 3.82. The molecular weight excluding hydrogens is 214 g/mol. The second-order valence-electron chi connectivity index (χ2n) is 3.09. The van der Waals surface area contributed by atoms with E-state index in [-0.39, 0.29) is 17.9 Å². The molecule has 1 aromatic carbocycles. The van der Waals surface area contributed by atoms with E-state index in [0.29, 0.717) is 6.42 Å². The van der Waals surface area contributed by atoms with Crippen LogP contribution in [-0.2, 0) is 4.74 Å². The highest BCUT2D eigenvalue weighted by Crippen LogP contribution is 2.23. The summed E-state index contributed by atoms with van der Waals surface area (Å²) in [5, 5.41) is 19.8. The van der Waals surface area contributed by atoms with Crippen LogP contribution in [0.1, 0.15) is 23.7 Å². The van der Waals surface area contributed by atoms with Gasteiger partial charge in [0.25, 0.3) is 5.69 Å². The summed E-state index contributed by atoms with van der Waals surface area (Å²) in [7, 11) is 0. The number of esters is 1. The summed E-state index contributed by atoms with van der Waals surface area (Å²) in [5.74, 6) is -1.13. The Morgan fingerprint density at radius 2 is 2.25 bits per heavy atom. The lowest BCUT2D eigenvalue weighted by Crippen LogP contribution is -2.06. The highest BCUT2D eigenvalue weighted by Gasteiger charge is 2.16. The van der Waals surface area contributed by atoms with E-state index >= 15 is 0 Å². The van der Waals surface area contributed by atoms with Crippen molar-refractivity contribution in [2.24, 2.45) is 0 Å². The molecule has 1 N–H and O–H groups in total. The number of ether oxygens (including phenoxy) is 1. The summed E-state index contributed by atoms with van der Waals surface area (Å²) in [5.41, 5.74) is -0.344. The van der Waals surface area contributed by atoms with Crippen LogP contribution in [0.2, 0.25) is 0 Å². The molecule has 0 saturated carbocycles. The Bertz CT molecular complexity index is 416. The first-order chi connectivity index (χ1) is 7.56. The molecule has 0 heterocycles. The molecular formula is C10H11NO5. The molecule has 0 aliphatic heterocycles. The van der Waals surface area contributed by atoms with Crippen LogP contribution in [-0.4, -0.2) is 22.6 Å². The second-order valence-corrected chi connectivity index (χ2v) is 3.09. The van der Waals surface area contributed by atoms with E-state index in [0.717, 1.165) is 12.1 Å². The van der Waals surface area contributed by atoms with Gasteiger partial charge in [0.15, 0.2) is 0 Å². The molecule has 0 bridgehead atoms. The molecule has 6 nitrogen and oxygen atoms in total. The molecule has 6 heteroatoms. The average Bonchev–Trinajstić information content (AvgIpc) is 2.25. The van der Waals surface area contributed by atoms with Gasteiger partial charge in [0, 0.05) is 6.07 Å². The maximum absolute atomic E-state index is 11.4. The first-order valence-electron chi connectivity index (χ1n) is 4.70. The van der Waals surface area contributed by atoms with E-state index in [2.05, 4.69) is 0 Å². The van der Waals surface area contributed by atoms with Crippen LogP contribution in [0, 0.1) is 10.1 Å². The Morgan fingerprint density at radius 3 is 2.75 bits per heavy atom. The average molecular weight is 225 g/mol. The van der Waals surface area contributed by atoms with Crippen molar-refractivity contribution < 1.29 is 19.6 Å². The third kappa shape index (κ3) is 2.69. The van der Waals surface area contributed by atoms with Crippen LogP contribution in [0.15, 0.2) is 18.2 Å². The molecule has 1 aromatic rings. The molecule has 0 fully saturated rings. The first-order valence-corrected chi connectivity index (χ1v) is 4.70. The molecule has 0 atom stereocenters. The Balaban J connectivity index is 2.90. The highest BCUT2D eigenvalue weighted by atomic mass is 16.6. The molecule has 0 aliphatic carbocycles. The number of aromatic hydroxyl groups is 1. The van der Waals surface area contributed by atoms with Crippen LogP contribution in [0.25, 0.3) is 0 Å². The lowest BCUT2D eigenvalue weighted by atomic mass is 10.2. The van der Waals surface area contributed by atoms with Gasteiger partial charge in [-0.2, -0.15) is 0 Å². The number of benzene rings is 1. The topological polar surface area (TPSA) is 89.7 Å². The standard InChI is InChI=1S/C10H11NO5/c1-2-5-16-10(13)8-4-3-7(11(14)15)6-9(8)12/h3-4,6,12H,2,5H2,1H3. The number of nitro benzene ring substituents is 1. The Hall–Kier alpha value is -2.11. The van der Waals surface area contributed by atoms with Crippen molar-refractivity contribution >= 4 is 11.7 Å². The number of nitrogens with zero attached hydrogens (tertiary/aromatic N) is 1. The number of hydrogen-bond donors (Lipinski definition) is 1. The SMILES string of the molecule is CCCOC(=O)c1ccc([N+](=O)[O-])cc1O. The number of carbonyl (C=O) groups is 1. The van der Waals surface area contributed by atoms with Crippen LogP contribution in [0.4, 0.5) is 5.69 Å². The minimum absolute atomic E-state index is 0.0703. The zero-order valence-electron chi connectivity index (χ0n) is 8.67. The Morgan fingerprint density at radius 1 is 1.56 bits per heavy atom. The zero-order valence-corrected chi connectivity index (χ0v) is 8.67. The van der Waals surface area contributed by atoms with Gasteiger partial charge in [-0.15, -0.1) is 0 Å². The summed E-state index contributed by atoms with van der Waals surface area (Å²) < 4.78 is 4.79. The predicted molar refractivity (Wildman–Crippen MR) is 55.3 cm³/mol. The van der Waals surface area contributed by atoms with Gasteiger partial charge in [0.05, 0.1) is 17.6 Å². The highest BCUT2D eigenvalue weighted by molar-refractivity contribution is 5.92. The summed E-state index contributed by atoms with van der Waals surface area (Å²) >= 11 is 0. The molecule has 0 saturated heterocycles. The third-order valence-corrected chi connectivity index (χ3v) is 1.85. The predicted octanol–water partition coefficient (Wildman–Crippen LogP) is 1.87. The fourth-order valence-corrected chi connectivity index (χ4v) is 1.08. The van der Waals surface area contributed by atoms with E-state index in [1.807, 2.05) is 6.92 Å². The minimum Gasteiger partial charge on any atom is -0.507 e. The molecule has 86 valence electrons. The van der Waals surface area contributed by atoms with Crippen molar-refractivity contribution in [2.75, 3.05) is 6.61 Å². The van der Waals surface area contributed by atoms with Gasteiger partial charge in [-0.25, -0.2) is 4.79 Å². The second kappa shape index (κ2) is 5.11. The normalized spacial score (nSPS) is 9.81. The van der Waals surface area contributed by atoms with E-state index < -0.39 is 16.6 Å². The molecule has 0 spiro atoms. The fraction of sp³-hybridized carbons (Fsp3) is 0.300. The monoisotopic (exact) mass is 225 g/mol. The molecule has 0 amide bonds. The molecule has 0 unspecified atom stereocenters. The molecule has 1 rings (SSSR count). The Labute approximate surface area is 91.6 Å². The minimum atomic E-state index is -0.686. The van der Waals surface area contributed by atoms with Gasteiger partial charge < -0.3 is 9.84 Å². The van der Waals surface area contributed by atoms with E-state index in [9.17, 15) is 20.0 Å². The van der Waals surface area contributed by atoms with Gasteiger partial charge in [-0.3, -0.25) is 10.1 Å². The van der Waals surface area contributed by atoms with Crippen LogP contribution < -0.4 is 0 Å². The maximum atomic E-state index is 11.4. The van der Waals surface area contributed by atoms with Crippen LogP contribution in [0.3, 0.4) is 0 Å². The lowest BCUT2D eigenvalue weighted by molar-refractivity contribution is -0.384. The van der Waals surface area contributed by atoms with Crippen LogP contribution in [0.5, 0.6) is 5.75 Å². The van der Waals surface area contributed by atoms with Gasteiger partial charge in [0.2, 0.25) is 0 Å². The first kappa shape index (κ1) is 12.0. The van der Waals surface area contributed by atoms with Crippen molar-refractivity contribution in [3.63, 3.8) is 0 Å². The number of rotatable bonds is 4. The van der Waals surface area contributed by atoms with Gasteiger partial charge in [0.1, 0.15) is 11.3 Å². The summed E-state index contributed by atoms with van der Waals surface area (Å²) in [6.45, 7) is 2.08. The van der Waals surface area contributed by atoms with Crippen molar-refractivity contribution in [3.8, 4) is 5.75 Å². The van der Waals surface area contributed by atoms with Crippen molar-refractivity contribution in [3.05, 3.63) is 33.9 Å². The lowest BCUT2D eigenvalue weighted by Gasteiger charge is -2.04. The molecule has 0 aromatic heterocycles. The van der Waals surface area contributed by atoms with Gasteiger partial charge in [-0.05, 0) is 12.5 Å². The number of non-ortho nitro benzene ring substituents is 1. The quantitative estimate of drug-likeness (QED) is 0.480. The van der Waals surface area contributed by atoms with E-state index in [4.69, 9.17) is 4.74 Å². The summed E-state index contributed by atoms with van der Waals surface area (Å²) in [4.78, 5) is 21.1. The summed E-state index contributed by atoms with van der Waals surface area (Å²) in [6, 6.07) is 3.23. The third-order valence-electron chi connectivity index (χ3n) is 1.85. The smallest absolute Gasteiger partial charge is 0.341 e. The summed E-state index contributed by atoms with van der Waals surface area (Å²) in [6.07, 6.45) is 0.666.